The average molecular weight is 184 g/mol. The van der Waals surface area contributed by atoms with Crippen molar-refractivity contribution in [2.24, 2.45) is 0 Å². The molecule has 1 N–H and O–H groups in total. The lowest BCUT2D eigenvalue weighted by molar-refractivity contribution is 0.112. The Balaban J connectivity index is 2.86. The molecule has 0 bridgehead atoms. The lowest BCUT2D eigenvalue weighted by Crippen LogP contribution is -1.93. The summed E-state index contributed by atoms with van der Waals surface area (Å²) < 4.78 is 18.9. The van der Waals surface area contributed by atoms with Crippen LogP contribution in [0.5, 0.6) is 0 Å². The fourth-order valence-corrected chi connectivity index (χ4v) is 1.36. The number of rotatable bonds is 3. The first-order chi connectivity index (χ1) is 5.72. The van der Waals surface area contributed by atoms with Crippen LogP contribution in [0.15, 0.2) is 24.3 Å². The van der Waals surface area contributed by atoms with Gasteiger partial charge in [0.25, 0.3) is 0 Å². The van der Waals surface area contributed by atoms with Gasteiger partial charge < -0.3 is 4.55 Å². The molecule has 0 spiro atoms. The Bertz CT molecular complexity index is 309. The molecule has 64 valence electrons. The lowest BCUT2D eigenvalue weighted by Gasteiger charge is -1.96. The standard InChI is InChI=1S/C8H8O3S/c9-5-7-2-1-3-8(4-7)6-12(10)11/h1-5H,6H2,(H,10,11). The van der Waals surface area contributed by atoms with E-state index in [0.29, 0.717) is 17.4 Å². The zero-order valence-electron chi connectivity index (χ0n) is 6.27. The number of hydrogen-bond donors (Lipinski definition) is 1. The third-order valence-corrected chi connectivity index (χ3v) is 1.96. The summed E-state index contributed by atoms with van der Waals surface area (Å²) in [5.41, 5.74) is 1.22. The Morgan fingerprint density at radius 1 is 1.50 bits per heavy atom. The van der Waals surface area contributed by atoms with Crippen LogP contribution in [0.2, 0.25) is 0 Å². The molecule has 1 aromatic carbocycles. The first-order valence-electron chi connectivity index (χ1n) is 3.34. The molecular formula is C8H8O3S. The summed E-state index contributed by atoms with van der Waals surface area (Å²) in [5, 5.41) is 0. The molecule has 0 aliphatic heterocycles. The summed E-state index contributed by atoms with van der Waals surface area (Å²) >= 11 is -1.84. The van der Waals surface area contributed by atoms with Gasteiger partial charge in [-0.05, 0) is 11.6 Å². The summed E-state index contributed by atoms with van der Waals surface area (Å²) in [4.78, 5) is 10.3. The number of carbonyl (C=O) groups excluding carboxylic acids is 1. The van der Waals surface area contributed by atoms with Gasteiger partial charge >= 0.3 is 0 Å². The molecule has 1 unspecified atom stereocenters. The summed E-state index contributed by atoms with van der Waals surface area (Å²) in [6, 6.07) is 6.64. The highest BCUT2D eigenvalue weighted by molar-refractivity contribution is 7.78. The topological polar surface area (TPSA) is 54.4 Å². The number of carbonyl (C=O) groups is 1. The number of benzene rings is 1. The summed E-state index contributed by atoms with van der Waals surface area (Å²) in [7, 11) is 0. The smallest absolute Gasteiger partial charge is 0.157 e. The molecule has 0 radical (unpaired) electrons. The molecule has 0 aliphatic carbocycles. The molecule has 1 rings (SSSR count). The van der Waals surface area contributed by atoms with E-state index in [1.807, 2.05) is 0 Å². The van der Waals surface area contributed by atoms with E-state index in [-0.39, 0.29) is 5.75 Å². The number of aldehydes is 1. The third kappa shape index (κ3) is 2.56. The molecule has 0 saturated heterocycles. The van der Waals surface area contributed by atoms with Crippen molar-refractivity contribution < 1.29 is 13.6 Å². The van der Waals surface area contributed by atoms with Crippen LogP contribution < -0.4 is 0 Å². The molecule has 12 heavy (non-hydrogen) atoms. The molecule has 0 heterocycles. The Kier molecular flexibility index (Phi) is 3.13. The van der Waals surface area contributed by atoms with Crippen molar-refractivity contribution in [2.75, 3.05) is 0 Å². The molecule has 1 aromatic rings. The maximum Gasteiger partial charge on any atom is 0.157 e. The highest BCUT2D eigenvalue weighted by atomic mass is 32.2. The van der Waals surface area contributed by atoms with Gasteiger partial charge in [-0.25, -0.2) is 4.21 Å². The molecule has 1 atom stereocenters. The minimum atomic E-state index is -1.84. The Labute approximate surface area is 72.7 Å². The van der Waals surface area contributed by atoms with E-state index in [9.17, 15) is 9.00 Å². The molecule has 0 amide bonds. The van der Waals surface area contributed by atoms with E-state index >= 15 is 0 Å². The van der Waals surface area contributed by atoms with Crippen molar-refractivity contribution in [2.45, 2.75) is 5.75 Å². The Hall–Kier alpha value is -1.00. The van der Waals surface area contributed by atoms with Gasteiger partial charge in [-0.15, -0.1) is 0 Å². The Morgan fingerprint density at radius 3 is 2.83 bits per heavy atom. The zero-order chi connectivity index (χ0) is 8.97. The second-order valence-electron chi connectivity index (χ2n) is 2.33. The van der Waals surface area contributed by atoms with Crippen molar-refractivity contribution in [3.63, 3.8) is 0 Å². The average Bonchev–Trinajstić information content (AvgIpc) is 2.03. The van der Waals surface area contributed by atoms with E-state index < -0.39 is 11.1 Å². The SMILES string of the molecule is O=Cc1cccc(CS(=O)O)c1. The highest BCUT2D eigenvalue weighted by Crippen LogP contribution is 2.04. The first kappa shape index (κ1) is 9.09. The van der Waals surface area contributed by atoms with Crippen molar-refractivity contribution in [1.82, 2.24) is 0 Å². The fraction of sp³-hybridized carbons (Fsp3) is 0.125. The molecule has 0 fully saturated rings. The third-order valence-electron chi connectivity index (χ3n) is 1.38. The van der Waals surface area contributed by atoms with Gasteiger partial charge in [0.2, 0.25) is 0 Å². The van der Waals surface area contributed by atoms with Gasteiger partial charge in [-0.3, -0.25) is 4.79 Å². The van der Waals surface area contributed by atoms with Crippen LogP contribution in [-0.4, -0.2) is 15.0 Å². The van der Waals surface area contributed by atoms with Gasteiger partial charge in [-0.2, -0.15) is 0 Å². The second kappa shape index (κ2) is 4.13. The van der Waals surface area contributed by atoms with Crippen LogP contribution >= 0.6 is 0 Å². The van der Waals surface area contributed by atoms with E-state index in [4.69, 9.17) is 4.55 Å². The van der Waals surface area contributed by atoms with Crippen molar-refractivity contribution >= 4 is 17.4 Å². The van der Waals surface area contributed by atoms with Gasteiger partial charge in [-0.1, -0.05) is 18.2 Å². The van der Waals surface area contributed by atoms with Crippen molar-refractivity contribution in [3.05, 3.63) is 35.4 Å². The van der Waals surface area contributed by atoms with Crippen molar-refractivity contribution in [3.8, 4) is 0 Å². The van der Waals surface area contributed by atoms with E-state index in [2.05, 4.69) is 0 Å². The normalized spacial score (nSPS) is 12.4. The second-order valence-corrected chi connectivity index (χ2v) is 3.26. The van der Waals surface area contributed by atoms with Crippen LogP contribution in [0, 0.1) is 0 Å². The largest absolute Gasteiger partial charge is 0.306 e. The monoisotopic (exact) mass is 184 g/mol. The van der Waals surface area contributed by atoms with Gasteiger partial charge in [0.05, 0.1) is 5.75 Å². The molecule has 0 saturated carbocycles. The van der Waals surface area contributed by atoms with Crippen LogP contribution in [0.3, 0.4) is 0 Å². The van der Waals surface area contributed by atoms with Crippen LogP contribution in [-0.2, 0) is 16.8 Å². The molecule has 4 heteroatoms. The van der Waals surface area contributed by atoms with E-state index in [0.717, 1.165) is 0 Å². The molecule has 0 aliphatic rings. The van der Waals surface area contributed by atoms with Gasteiger partial charge in [0.1, 0.15) is 6.29 Å². The maximum atomic E-state index is 10.4. The highest BCUT2D eigenvalue weighted by Gasteiger charge is 1.98. The van der Waals surface area contributed by atoms with Crippen LogP contribution in [0.25, 0.3) is 0 Å². The Morgan fingerprint density at radius 2 is 2.25 bits per heavy atom. The summed E-state index contributed by atoms with van der Waals surface area (Å²) in [6.45, 7) is 0. The lowest BCUT2D eigenvalue weighted by atomic mass is 10.2. The molecule has 0 aromatic heterocycles. The predicted octanol–water partition coefficient (Wildman–Crippen LogP) is 1.22. The summed E-state index contributed by atoms with van der Waals surface area (Å²) in [6.07, 6.45) is 0.712. The summed E-state index contributed by atoms with van der Waals surface area (Å²) in [5.74, 6) is 0.0711. The predicted molar refractivity (Wildman–Crippen MR) is 46.3 cm³/mol. The maximum absolute atomic E-state index is 10.4. The molecular weight excluding hydrogens is 176 g/mol. The van der Waals surface area contributed by atoms with Gasteiger partial charge in [0, 0.05) is 5.56 Å². The quantitative estimate of drug-likeness (QED) is 0.567. The van der Waals surface area contributed by atoms with Crippen LogP contribution in [0.1, 0.15) is 15.9 Å². The van der Waals surface area contributed by atoms with E-state index in [1.54, 1.807) is 24.3 Å². The van der Waals surface area contributed by atoms with Crippen LogP contribution in [0.4, 0.5) is 0 Å². The minimum absolute atomic E-state index is 0.0711. The number of hydrogen-bond acceptors (Lipinski definition) is 2. The zero-order valence-corrected chi connectivity index (χ0v) is 7.08. The fourth-order valence-electron chi connectivity index (χ4n) is 0.899. The minimum Gasteiger partial charge on any atom is -0.306 e. The van der Waals surface area contributed by atoms with Gasteiger partial charge in [0.15, 0.2) is 11.1 Å². The van der Waals surface area contributed by atoms with Crippen molar-refractivity contribution in [1.29, 1.82) is 0 Å². The molecule has 3 nitrogen and oxygen atoms in total. The van der Waals surface area contributed by atoms with E-state index in [1.165, 1.54) is 0 Å². The first-order valence-corrected chi connectivity index (χ1v) is 4.61.